The van der Waals surface area contributed by atoms with Crippen molar-refractivity contribution in [2.75, 3.05) is 0 Å². The first-order valence-corrected chi connectivity index (χ1v) is 17.3. The molecule has 1 aromatic heterocycles. The highest BCUT2D eigenvalue weighted by Crippen LogP contribution is 2.39. The standard InChI is InChI=1S/C48H33N3/c1-2-49-45(28-32-14-4-3-5-15-32)33-24-26-34(27-25-33)48-50-46(43-29-35-16-6-8-18-37(35)39-20-10-12-22-41(39)43)31-47(51-48)44-30-36-17-7-9-19-38(36)40-21-11-13-23-42(40)44/h2-14,16-31H,1,15H2/b32-28-,49-45?. The number of allylic oxidation sites excluding steroid dienone is 6. The summed E-state index contributed by atoms with van der Waals surface area (Å²) in [7, 11) is 0. The highest BCUT2D eigenvalue weighted by molar-refractivity contribution is 6.15. The molecule has 240 valence electrons. The lowest BCUT2D eigenvalue weighted by Crippen LogP contribution is -2.00. The van der Waals surface area contributed by atoms with E-state index in [1.54, 1.807) is 6.20 Å². The maximum Gasteiger partial charge on any atom is 0.160 e. The summed E-state index contributed by atoms with van der Waals surface area (Å²) < 4.78 is 0. The van der Waals surface area contributed by atoms with Gasteiger partial charge in [-0.05, 0) is 79.4 Å². The van der Waals surface area contributed by atoms with E-state index >= 15 is 0 Å². The molecule has 0 atom stereocenters. The van der Waals surface area contributed by atoms with Gasteiger partial charge < -0.3 is 0 Å². The van der Waals surface area contributed by atoms with Crippen molar-refractivity contribution in [2.24, 2.45) is 4.99 Å². The topological polar surface area (TPSA) is 38.1 Å². The molecular weight excluding hydrogens is 619 g/mol. The average Bonchev–Trinajstić information content (AvgIpc) is 3.20. The van der Waals surface area contributed by atoms with Crippen LogP contribution in [0, 0.1) is 0 Å². The third-order valence-corrected chi connectivity index (χ3v) is 9.72. The Hall–Kier alpha value is -6.71. The van der Waals surface area contributed by atoms with Crippen LogP contribution in [0.3, 0.4) is 0 Å². The van der Waals surface area contributed by atoms with E-state index in [-0.39, 0.29) is 0 Å². The molecule has 0 radical (unpaired) electrons. The second kappa shape index (κ2) is 13.0. The fraction of sp³-hybridized carbons (Fsp3) is 0.0208. The number of aliphatic imine (C=N–C) groups is 1. The minimum absolute atomic E-state index is 0.671. The molecule has 51 heavy (non-hydrogen) atoms. The van der Waals surface area contributed by atoms with Crippen LogP contribution in [-0.2, 0) is 0 Å². The van der Waals surface area contributed by atoms with Crippen LogP contribution in [0.1, 0.15) is 12.0 Å². The van der Waals surface area contributed by atoms with Crippen molar-refractivity contribution in [1.82, 2.24) is 9.97 Å². The Morgan fingerprint density at radius 2 is 1.10 bits per heavy atom. The molecular formula is C48H33N3. The molecule has 7 aromatic carbocycles. The first-order chi connectivity index (χ1) is 25.2. The Morgan fingerprint density at radius 1 is 0.569 bits per heavy atom. The summed E-state index contributed by atoms with van der Waals surface area (Å²) in [4.78, 5) is 15.3. The smallest absolute Gasteiger partial charge is 0.160 e. The predicted octanol–water partition coefficient (Wildman–Crippen LogP) is 12.5. The van der Waals surface area contributed by atoms with E-state index in [2.05, 4.69) is 181 Å². The maximum absolute atomic E-state index is 5.32. The van der Waals surface area contributed by atoms with Gasteiger partial charge in [0.25, 0.3) is 0 Å². The molecule has 3 heteroatoms. The molecule has 1 heterocycles. The van der Waals surface area contributed by atoms with Crippen LogP contribution in [0.4, 0.5) is 0 Å². The van der Waals surface area contributed by atoms with E-state index < -0.39 is 0 Å². The number of hydrogen-bond acceptors (Lipinski definition) is 3. The van der Waals surface area contributed by atoms with Gasteiger partial charge in [0.2, 0.25) is 0 Å². The lowest BCUT2D eigenvalue weighted by Gasteiger charge is -2.15. The molecule has 0 fully saturated rings. The van der Waals surface area contributed by atoms with Crippen LogP contribution < -0.4 is 0 Å². The minimum Gasteiger partial charge on any atom is -0.257 e. The van der Waals surface area contributed by atoms with Gasteiger partial charge in [0.1, 0.15) is 0 Å². The second-order valence-corrected chi connectivity index (χ2v) is 12.8. The monoisotopic (exact) mass is 651 g/mol. The van der Waals surface area contributed by atoms with Gasteiger partial charge in [-0.2, -0.15) is 0 Å². The van der Waals surface area contributed by atoms with Gasteiger partial charge in [0.15, 0.2) is 5.82 Å². The van der Waals surface area contributed by atoms with E-state index in [1.165, 1.54) is 37.9 Å². The number of fused-ring (bicyclic) bond motifs is 6. The van der Waals surface area contributed by atoms with Crippen molar-refractivity contribution < 1.29 is 0 Å². The van der Waals surface area contributed by atoms with Crippen molar-refractivity contribution in [3.8, 4) is 33.9 Å². The zero-order valence-corrected chi connectivity index (χ0v) is 28.0. The Bertz CT molecular complexity index is 2640. The third-order valence-electron chi connectivity index (χ3n) is 9.72. The molecule has 3 nitrogen and oxygen atoms in total. The van der Waals surface area contributed by atoms with E-state index in [0.29, 0.717) is 5.82 Å². The van der Waals surface area contributed by atoms with Crippen LogP contribution in [0.2, 0.25) is 0 Å². The normalized spacial score (nSPS) is 13.9. The summed E-state index contributed by atoms with van der Waals surface area (Å²) in [6.45, 7) is 3.87. The molecule has 0 unspecified atom stereocenters. The largest absolute Gasteiger partial charge is 0.257 e. The van der Waals surface area contributed by atoms with Crippen LogP contribution in [-0.4, -0.2) is 15.7 Å². The maximum atomic E-state index is 5.32. The van der Waals surface area contributed by atoms with Crippen molar-refractivity contribution >= 4 is 48.8 Å². The first kappa shape index (κ1) is 30.4. The highest BCUT2D eigenvalue weighted by atomic mass is 14.9. The van der Waals surface area contributed by atoms with Crippen LogP contribution in [0.25, 0.3) is 77.0 Å². The van der Waals surface area contributed by atoms with Gasteiger partial charge in [-0.15, -0.1) is 0 Å². The summed E-state index contributed by atoms with van der Waals surface area (Å²) >= 11 is 0. The Labute approximate surface area is 297 Å². The summed E-state index contributed by atoms with van der Waals surface area (Å²) in [6.07, 6.45) is 13.0. The van der Waals surface area contributed by atoms with Gasteiger partial charge in [0, 0.05) is 28.5 Å². The second-order valence-electron chi connectivity index (χ2n) is 12.8. The fourth-order valence-electron chi connectivity index (χ4n) is 7.28. The molecule has 0 bridgehead atoms. The van der Waals surface area contributed by atoms with Gasteiger partial charge in [-0.25, -0.2) is 9.97 Å². The third kappa shape index (κ3) is 5.65. The minimum atomic E-state index is 0.671. The molecule has 8 aromatic rings. The zero-order chi connectivity index (χ0) is 34.1. The van der Waals surface area contributed by atoms with E-state index in [9.17, 15) is 0 Å². The average molecular weight is 652 g/mol. The first-order valence-electron chi connectivity index (χ1n) is 17.3. The number of rotatable bonds is 6. The summed E-state index contributed by atoms with van der Waals surface area (Å²) in [6, 6.07) is 49.5. The van der Waals surface area contributed by atoms with Crippen LogP contribution in [0.15, 0.2) is 193 Å². The Morgan fingerprint density at radius 3 is 1.63 bits per heavy atom. The van der Waals surface area contributed by atoms with Gasteiger partial charge in [-0.3, -0.25) is 4.99 Å². The number of nitrogens with zero attached hydrogens (tertiary/aromatic N) is 3. The van der Waals surface area contributed by atoms with E-state index in [1.807, 2.05) is 0 Å². The number of benzene rings is 7. The molecule has 1 aliphatic carbocycles. The highest BCUT2D eigenvalue weighted by Gasteiger charge is 2.17. The summed E-state index contributed by atoms with van der Waals surface area (Å²) in [5.41, 5.74) is 7.94. The fourth-order valence-corrected chi connectivity index (χ4v) is 7.28. The SMILES string of the molecule is C=CN=C(/C=C1/C=CC=CC1)c1ccc(-c2nc(-c3cc4ccccc4c4ccccc34)cc(-c3cc4ccccc4c4ccccc34)n2)cc1. The number of hydrogen-bond donors (Lipinski definition) is 0. The lowest BCUT2D eigenvalue weighted by atomic mass is 9.93. The van der Waals surface area contributed by atoms with Crippen molar-refractivity contribution in [3.05, 3.63) is 194 Å². The molecule has 0 saturated carbocycles. The van der Waals surface area contributed by atoms with Gasteiger partial charge >= 0.3 is 0 Å². The lowest BCUT2D eigenvalue weighted by molar-refractivity contribution is 1.19. The van der Waals surface area contributed by atoms with Crippen LogP contribution in [0.5, 0.6) is 0 Å². The Balaban J connectivity index is 1.26. The zero-order valence-electron chi connectivity index (χ0n) is 28.0. The molecule has 0 amide bonds. The quantitative estimate of drug-likeness (QED) is 0.133. The summed E-state index contributed by atoms with van der Waals surface area (Å²) in [5.74, 6) is 0.671. The summed E-state index contributed by atoms with van der Waals surface area (Å²) in [5, 5.41) is 9.56. The Kier molecular flexibility index (Phi) is 7.71. The molecule has 9 rings (SSSR count). The molecule has 0 saturated heterocycles. The van der Waals surface area contributed by atoms with Crippen LogP contribution >= 0.6 is 0 Å². The predicted molar refractivity (Wildman–Crippen MR) is 216 cm³/mol. The van der Waals surface area contributed by atoms with Crippen molar-refractivity contribution in [1.29, 1.82) is 0 Å². The molecule has 1 aliphatic rings. The van der Waals surface area contributed by atoms with E-state index in [4.69, 9.17) is 9.97 Å². The molecule has 0 spiro atoms. The van der Waals surface area contributed by atoms with E-state index in [0.717, 1.165) is 56.5 Å². The van der Waals surface area contributed by atoms with Crippen molar-refractivity contribution in [3.63, 3.8) is 0 Å². The van der Waals surface area contributed by atoms with Crippen molar-refractivity contribution in [2.45, 2.75) is 6.42 Å². The number of aromatic nitrogens is 2. The van der Waals surface area contributed by atoms with Gasteiger partial charge in [0.05, 0.1) is 17.1 Å². The molecule has 0 aliphatic heterocycles. The molecule has 0 N–H and O–H groups in total. The van der Waals surface area contributed by atoms with Gasteiger partial charge in [-0.1, -0.05) is 152 Å².